The number of carbonyl (C=O) groups excluding carboxylic acids is 1. The van der Waals surface area contributed by atoms with Crippen molar-refractivity contribution in [2.24, 2.45) is 0 Å². The number of aromatic nitrogens is 2. The number of nitrogens with one attached hydrogen (secondary N) is 1. The van der Waals surface area contributed by atoms with Gasteiger partial charge in [0.15, 0.2) is 0 Å². The van der Waals surface area contributed by atoms with Gasteiger partial charge in [0, 0.05) is 27.6 Å². The number of amides is 1. The van der Waals surface area contributed by atoms with Crippen LogP contribution in [0.15, 0.2) is 71.3 Å². The number of rotatable bonds is 3. The zero-order chi connectivity index (χ0) is 19.0. The minimum absolute atomic E-state index is 0.144. The number of pyridine rings is 1. The number of benzene rings is 2. The lowest BCUT2D eigenvalue weighted by atomic mass is 10.1. The lowest BCUT2D eigenvalue weighted by Gasteiger charge is -2.07. The molecule has 0 aliphatic rings. The fourth-order valence-corrected chi connectivity index (χ4v) is 3.62. The zero-order valence-electron chi connectivity index (χ0n) is 15.0. The van der Waals surface area contributed by atoms with Crippen LogP contribution < -0.4 is 5.32 Å². The van der Waals surface area contributed by atoms with Crippen molar-refractivity contribution in [1.29, 1.82) is 0 Å². The lowest BCUT2D eigenvalue weighted by Crippen LogP contribution is -2.12. The minimum atomic E-state index is -0.144. The number of anilines is 1. The van der Waals surface area contributed by atoms with Crippen molar-refractivity contribution in [2.45, 2.75) is 13.8 Å². The smallest absolute Gasteiger partial charge is 0.256 e. The van der Waals surface area contributed by atoms with E-state index in [0.29, 0.717) is 5.56 Å². The normalized spacial score (nSPS) is 10.9. The van der Waals surface area contributed by atoms with Crippen LogP contribution in [0.1, 0.15) is 21.6 Å². The molecule has 27 heavy (non-hydrogen) atoms. The topological polar surface area (TPSA) is 46.4 Å². The van der Waals surface area contributed by atoms with Gasteiger partial charge in [-0.05, 0) is 65.7 Å². The van der Waals surface area contributed by atoms with E-state index >= 15 is 0 Å². The first-order valence-corrected chi connectivity index (χ1v) is 9.44. The first kappa shape index (κ1) is 17.5. The fourth-order valence-electron chi connectivity index (χ4n) is 3.15. The van der Waals surface area contributed by atoms with E-state index in [1.807, 2.05) is 54.7 Å². The Morgan fingerprint density at radius 2 is 1.74 bits per heavy atom. The highest BCUT2D eigenvalue weighted by molar-refractivity contribution is 9.10. The Bertz CT molecular complexity index is 1150. The average Bonchev–Trinajstić information content (AvgIpc) is 3.01. The van der Waals surface area contributed by atoms with Crippen LogP contribution in [0.3, 0.4) is 0 Å². The Labute approximate surface area is 166 Å². The van der Waals surface area contributed by atoms with E-state index in [-0.39, 0.29) is 5.91 Å². The third-order valence-electron chi connectivity index (χ3n) is 4.62. The Kier molecular flexibility index (Phi) is 4.54. The molecule has 0 radical (unpaired) electrons. The Balaban J connectivity index is 1.61. The summed E-state index contributed by atoms with van der Waals surface area (Å²) in [7, 11) is 0. The van der Waals surface area contributed by atoms with Gasteiger partial charge in [-0.2, -0.15) is 0 Å². The lowest BCUT2D eigenvalue weighted by molar-refractivity contribution is 0.102. The molecule has 2 heterocycles. The molecule has 0 spiro atoms. The molecular formula is C22H18BrN3O. The monoisotopic (exact) mass is 419 g/mol. The summed E-state index contributed by atoms with van der Waals surface area (Å²) in [5.41, 5.74) is 6.53. The highest BCUT2D eigenvalue weighted by Gasteiger charge is 2.13. The first-order valence-electron chi connectivity index (χ1n) is 8.65. The second-order valence-corrected chi connectivity index (χ2v) is 7.30. The highest BCUT2D eigenvalue weighted by Crippen LogP contribution is 2.26. The summed E-state index contributed by atoms with van der Waals surface area (Å²) in [5.74, 6) is -0.144. The standard InChI is InChI=1S/C22H18BrN3O/c1-14-6-5-13-26-15(2)20(25-21(14)26)16-9-11-17(12-10-16)24-22(27)18-7-3-4-8-19(18)23/h3-13H,1-2H3,(H,24,27). The second-order valence-electron chi connectivity index (χ2n) is 6.44. The van der Waals surface area contributed by atoms with Gasteiger partial charge in [0.05, 0.1) is 11.3 Å². The van der Waals surface area contributed by atoms with E-state index in [1.54, 1.807) is 6.07 Å². The third-order valence-corrected chi connectivity index (χ3v) is 5.31. The zero-order valence-corrected chi connectivity index (χ0v) is 16.6. The maximum absolute atomic E-state index is 12.4. The maximum atomic E-state index is 12.4. The van der Waals surface area contributed by atoms with Gasteiger partial charge < -0.3 is 9.72 Å². The summed E-state index contributed by atoms with van der Waals surface area (Å²) >= 11 is 3.41. The Morgan fingerprint density at radius 1 is 1.00 bits per heavy atom. The molecule has 0 saturated carbocycles. The van der Waals surface area contributed by atoms with Crippen LogP contribution in [0.5, 0.6) is 0 Å². The van der Waals surface area contributed by atoms with Crippen molar-refractivity contribution in [3.8, 4) is 11.3 Å². The SMILES string of the molecule is Cc1cccn2c(C)c(-c3ccc(NC(=O)c4ccccc4Br)cc3)nc12. The first-order chi connectivity index (χ1) is 13.0. The summed E-state index contributed by atoms with van der Waals surface area (Å²) in [5, 5.41) is 2.93. The van der Waals surface area contributed by atoms with E-state index in [2.05, 4.69) is 45.6 Å². The molecule has 2 aromatic heterocycles. The third kappa shape index (κ3) is 3.26. The van der Waals surface area contributed by atoms with Gasteiger partial charge in [0.2, 0.25) is 0 Å². The van der Waals surface area contributed by atoms with E-state index in [9.17, 15) is 4.79 Å². The number of fused-ring (bicyclic) bond motifs is 1. The van der Waals surface area contributed by atoms with Gasteiger partial charge in [-0.1, -0.05) is 30.3 Å². The molecule has 1 amide bonds. The van der Waals surface area contributed by atoms with Crippen LogP contribution in [-0.4, -0.2) is 15.3 Å². The van der Waals surface area contributed by atoms with E-state index in [0.717, 1.165) is 38.3 Å². The second kappa shape index (κ2) is 7.00. The van der Waals surface area contributed by atoms with Crippen molar-refractivity contribution >= 4 is 33.2 Å². The molecule has 0 saturated heterocycles. The number of imidazole rings is 1. The van der Waals surface area contributed by atoms with Crippen LogP contribution in [0, 0.1) is 13.8 Å². The van der Waals surface area contributed by atoms with E-state index in [1.165, 1.54) is 0 Å². The number of carbonyl (C=O) groups is 1. The van der Waals surface area contributed by atoms with Gasteiger partial charge >= 0.3 is 0 Å². The van der Waals surface area contributed by atoms with Gasteiger partial charge in [-0.25, -0.2) is 4.98 Å². The predicted molar refractivity (Wildman–Crippen MR) is 112 cm³/mol. The van der Waals surface area contributed by atoms with Gasteiger partial charge in [0.1, 0.15) is 5.65 Å². The largest absolute Gasteiger partial charge is 0.322 e. The summed E-state index contributed by atoms with van der Waals surface area (Å²) in [6.07, 6.45) is 2.03. The van der Waals surface area contributed by atoms with Crippen molar-refractivity contribution in [1.82, 2.24) is 9.38 Å². The van der Waals surface area contributed by atoms with Gasteiger partial charge in [-0.15, -0.1) is 0 Å². The predicted octanol–water partition coefficient (Wildman–Crippen LogP) is 5.63. The molecule has 0 aliphatic carbocycles. The number of hydrogen-bond donors (Lipinski definition) is 1. The Morgan fingerprint density at radius 3 is 2.44 bits per heavy atom. The van der Waals surface area contributed by atoms with E-state index < -0.39 is 0 Å². The number of halogens is 1. The quantitative estimate of drug-likeness (QED) is 0.467. The molecule has 4 aromatic rings. The summed E-state index contributed by atoms with van der Waals surface area (Å²) in [4.78, 5) is 17.2. The number of aryl methyl sites for hydroxylation is 2. The molecule has 0 aliphatic heterocycles. The van der Waals surface area contributed by atoms with Crippen molar-refractivity contribution in [2.75, 3.05) is 5.32 Å². The molecule has 4 rings (SSSR count). The van der Waals surface area contributed by atoms with Crippen LogP contribution in [-0.2, 0) is 0 Å². The number of hydrogen-bond acceptors (Lipinski definition) is 2. The summed E-state index contributed by atoms with van der Waals surface area (Å²) < 4.78 is 2.88. The maximum Gasteiger partial charge on any atom is 0.256 e. The molecule has 4 nitrogen and oxygen atoms in total. The molecule has 0 unspecified atom stereocenters. The molecular weight excluding hydrogens is 402 g/mol. The van der Waals surface area contributed by atoms with Crippen LogP contribution >= 0.6 is 15.9 Å². The molecule has 0 atom stereocenters. The molecule has 0 fully saturated rings. The Hall–Kier alpha value is -2.92. The molecule has 134 valence electrons. The van der Waals surface area contributed by atoms with Crippen molar-refractivity contribution < 1.29 is 4.79 Å². The molecule has 0 bridgehead atoms. The molecule has 5 heteroatoms. The molecule has 2 aromatic carbocycles. The van der Waals surface area contributed by atoms with Gasteiger partial charge in [-0.3, -0.25) is 4.79 Å². The summed E-state index contributed by atoms with van der Waals surface area (Å²) in [6.45, 7) is 4.13. The van der Waals surface area contributed by atoms with Crippen LogP contribution in [0.4, 0.5) is 5.69 Å². The fraction of sp³-hybridized carbons (Fsp3) is 0.0909. The van der Waals surface area contributed by atoms with E-state index in [4.69, 9.17) is 4.98 Å². The summed E-state index contributed by atoms with van der Waals surface area (Å²) in [6, 6.07) is 19.2. The van der Waals surface area contributed by atoms with Crippen molar-refractivity contribution in [3.63, 3.8) is 0 Å². The number of nitrogens with zero attached hydrogens (tertiary/aromatic N) is 2. The molecule has 1 N–H and O–H groups in total. The highest BCUT2D eigenvalue weighted by atomic mass is 79.9. The van der Waals surface area contributed by atoms with Crippen LogP contribution in [0.2, 0.25) is 0 Å². The minimum Gasteiger partial charge on any atom is -0.322 e. The van der Waals surface area contributed by atoms with Crippen molar-refractivity contribution in [3.05, 3.63) is 88.2 Å². The van der Waals surface area contributed by atoms with Gasteiger partial charge in [0.25, 0.3) is 5.91 Å². The van der Waals surface area contributed by atoms with Crippen LogP contribution in [0.25, 0.3) is 16.9 Å². The average molecular weight is 420 g/mol.